The number of anilines is 1. The number of aliphatic imine (C=N–C) groups is 1. The highest BCUT2D eigenvalue weighted by Crippen LogP contribution is 2.38. The summed E-state index contributed by atoms with van der Waals surface area (Å²) in [6, 6.07) is 1.91. The maximum absolute atomic E-state index is 6.48. The summed E-state index contributed by atoms with van der Waals surface area (Å²) >= 11 is 0. The van der Waals surface area contributed by atoms with Crippen LogP contribution in [0.1, 0.15) is 37.7 Å². The van der Waals surface area contributed by atoms with E-state index in [0.29, 0.717) is 11.8 Å². The fraction of sp³-hybridized carbons (Fsp3) is 0.533. The van der Waals surface area contributed by atoms with Crippen LogP contribution in [0.2, 0.25) is 0 Å². The molecule has 1 aromatic heterocycles. The molecule has 1 aliphatic carbocycles. The van der Waals surface area contributed by atoms with Gasteiger partial charge in [0.05, 0.1) is 5.56 Å². The first-order valence-corrected chi connectivity index (χ1v) is 7.16. The molecule has 2 aliphatic rings. The number of terminal acetylenes is 1. The van der Waals surface area contributed by atoms with Crippen molar-refractivity contribution in [3.05, 3.63) is 17.8 Å². The Hall–Kier alpha value is -1.93. The van der Waals surface area contributed by atoms with Gasteiger partial charge in [0, 0.05) is 18.5 Å². The van der Waals surface area contributed by atoms with Crippen molar-refractivity contribution in [2.24, 2.45) is 28.3 Å². The average molecular weight is 271 g/mol. The number of rotatable bonds is 2. The Balaban J connectivity index is 1.75. The largest absolute Gasteiger partial charge is 0.383 e. The normalized spacial score (nSPS) is 32.7. The van der Waals surface area contributed by atoms with Gasteiger partial charge in [0.2, 0.25) is 0 Å². The van der Waals surface area contributed by atoms with Crippen molar-refractivity contribution in [3.8, 4) is 12.3 Å². The molecule has 1 atom stereocenters. The predicted octanol–water partition coefficient (Wildman–Crippen LogP) is 1.59. The van der Waals surface area contributed by atoms with Crippen LogP contribution in [0.15, 0.2) is 17.3 Å². The number of aromatic nitrogens is 1. The molecule has 106 valence electrons. The molecule has 0 saturated heterocycles. The van der Waals surface area contributed by atoms with E-state index in [9.17, 15) is 0 Å². The highest BCUT2D eigenvalue weighted by atomic mass is 15.3. The Morgan fingerprint density at radius 1 is 1.40 bits per heavy atom. The Labute approximate surface area is 119 Å². The van der Waals surface area contributed by atoms with Gasteiger partial charge in [0.15, 0.2) is 5.79 Å². The number of fused-ring (bicyclic) bond motifs is 1. The Bertz CT molecular complexity index is 559. The zero-order chi connectivity index (χ0) is 14.2. The summed E-state index contributed by atoms with van der Waals surface area (Å²) < 4.78 is 0. The lowest BCUT2D eigenvalue weighted by molar-refractivity contribution is 0.197. The molecular weight excluding hydrogens is 250 g/mol. The van der Waals surface area contributed by atoms with E-state index in [4.69, 9.17) is 17.9 Å². The summed E-state index contributed by atoms with van der Waals surface area (Å²) in [7, 11) is 0. The van der Waals surface area contributed by atoms with E-state index >= 15 is 0 Å². The highest BCUT2D eigenvalue weighted by Gasteiger charge is 2.40. The van der Waals surface area contributed by atoms with E-state index in [1.54, 1.807) is 0 Å². The van der Waals surface area contributed by atoms with Crippen molar-refractivity contribution < 1.29 is 0 Å². The first-order chi connectivity index (χ1) is 9.62. The van der Waals surface area contributed by atoms with Crippen LogP contribution in [-0.4, -0.2) is 16.6 Å². The minimum absolute atomic E-state index is 0.284. The summed E-state index contributed by atoms with van der Waals surface area (Å²) in [6.45, 7) is 0. The Morgan fingerprint density at radius 3 is 2.85 bits per heavy atom. The fourth-order valence-electron chi connectivity index (χ4n) is 3.34. The molecule has 5 nitrogen and oxygen atoms in total. The topological polar surface area (TPSA) is 92.2 Å². The molecule has 1 aliphatic heterocycles. The van der Waals surface area contributed by atoms with E-state index < -0.39 is 5.79 Å². The molecule has 3 rings (SSSR count). The highest BCUT2D eigenvalue weighted by molar-refractivity contribution is 6.03. The molecule has 1 unspecified atom stereocenters. The smallest absolute Gasteiger partial charge is 0.188 e. The molecule has 1 aromatic rings. The zero-order valence-corrected chi connectivity index (χ0v) is 11.5. The second-order valence-electron chi connectivity index (χ2n) is 5.84. The van der Waals surface area contributed by atoms with Crippen LogP contribution in [0.5, 0.6) is 0 Å². The third kappa shape index (κ3) is 2.16. The lowest BCUT2D eigenvalue weighted by Crippen LogP contribution is -2.56. The summed E-state index contributed by atoms with van der Waals surface area (Å²) in [5.74, 6) is 4.24. The van der Waals surface area contributed by atoms with Crippen molar-refractivity contribution in [2.75, 3.05) is 5.32 Å². The molecule has 6 N–H and O–H groups in total. The number of amidine groups is 1. The first-order valence-electron chi connectivity index (χ1n) is 7.16. The maximum atomic E-state index is 6.48. The van der Waals surface area contributed by atoms with Gasteiger partial charge in [-0.2, -0.15) is 0 Å². The summed E-state index contributed by atoms with van der Waals surface area (Å²) in [6.07, 6.45) is 12.4. The lowest BCUT2D eigenvalue weighted by Gasteiger charge is -2.41. The second kappa shape index (κ2) is 4.88. The van der Waals surface area contributed by atoms with Crippen LogP contribution >= 0.6 is 0 Å². The van der Waals surface area contributed by atoms with E-state index in [-0.39, 0.29) is 5.92 Å². The van der Waals surface area contributed by atoms with Crippen molar-refractivity contribution in [3.63, 3.8) is 0 Å². The fourth-order valence-corrected chi connectivity index (χ4v) is 3.34. The van der Waals surface area contributed by atoms with Crippen LogP contribution in [-0.2, 0) is 0 Å². The van der Waals surface area contributed by atoms with Gasteiger partial charge in [-0.1, -0.05) is 0 Å². The van der Waals surface area contributed by atoms with Crippen LogP contribution < -0.4 is 16.8 Å². The number of aromatic amines is 1. The molecule has 0 radical (unpaired) electrons. The van der Waals surface area contributed by atoms with Crippen LogP contribution in [0, 0.1) is 24.2 Å². The molecule has 1 saturated carbocycles. The average Bonchev–Trinajstić information content (AvgIpc) is 2.88. The quantitative estimate of drug-likeness (QED) is 0.615. The number of H-pyrrole nitrogens is 1. The lowest BCUT2D eigenvalue weighted by atomic mass is 9.77. The van der Waals surface area contributed by atoms with Gasteiger partial charge in [-0.3, -0.25) is 5.73 Å². The number of nitrogens with two attached hydrogens (primary N) is 2. The van der Waals surface area contributed by atoms with Crippen LogP contribution in [0.3, 0.4) is 0 Å². The maximum Gasteiger partial charge on any atom is 0.188 e. The van der Waals surface area contributed by atoms with Gasteiger partial charge >= 0.3 is 0 Å². The molecule has 2 heterocycles. The van der Waals surface area contributed by atoms with Gasteiger partial charge in [-0.15, -0.1) is 12.3 Å². The molecular formula is C15H21N5. The minimum Gasteiger partial charge on any atom is -0.383 e. The van der Waals surface area contributed by atoms with Gasteiger partial charge < -0.3 is 16.0 Å². The molecule has 0 spiro atoms. The molecule has 0 bridgehead atoms. The number of nitrogens with one attached hydrogen (secondary N) is 2. The molecule has 20 heavy (non-hydrogen) atoms. The summed E-state index contributed by atoms with van der Waals surface area (Å²) in [4.78, 5) is 7.66. The number of nitrogens with zero attached hydrogens (tertiary/aromatic N) is 1. The van der Waals surface area contributed by atoms with Crippen molar-refractivity contribution >= 4 is 11.7 Å². The standard InChI is InChI=1S/C15H21N5/c1-2-3-10-4-6-11(7-5-10)15(17)19-13(16)12-8-9-18-14(12)20-15/h1,8-11,18,20H,3-7,17H2,(H2,16,19). The van der Waals surface area contributed by atoms with Gasteiger partial charge in [0.25, 0.3) is 0 Å². The molecule has 0 aromatic carbocycles. The van der Waals surface area contributed by atoms with E-state index in [1.165, 1.54) is 0 Å². The minimum atomic E-state index is -0.803. The monoisotopic (exact) mass is 271 g/mol. The van der Waals surface area contributed by atoms with Gasteiger partial charge in [0.1, 0.15) is 11.7 Å². The molecule has 1 fully saturated rings. The van der Waals surface area contributed by atoms with Crippen LogP contribution in [0.4, 0.5) is 5.82 Å². The molecule has 5 heteroatoms. The number of hydrogen-bond donors (Lipinski definition) is 4. The SMILES string of the molecule is C#CCC1CCC(C2(N)N=C(N)c3cc[nH]c3N2)CC1. The van der Waals surface area contributed by atoms with E-state index in [1.807, 2.05) is 12.3 Å². The first kappa shape index (κ1) is 13.1. The van der Waals surface area contributed by atoms with E-state index in [0.717, 1.165) is 43.5 Å². The van der Waals surface area contributed by atoms with Crippen molar-refractivity contribution in [1.82, 2.24) is 4.98 Å². The second-order valence-corrected chi connectivity index (χ2v) is 5.84. The summed E-state index contributed by atoms with van der Waals surface area (Å²) in [5, 5.41) is 3.31. The third-order valence-corrected chi connectivity index (χ3v) is 4.53. The van der Waals surface area contributed by atoms with Crippen molar-refractivity contribution in [2.45, 2.75) is 37.9 Å². The van der Waals surface area contributed by atoms with E-state index in [2.05, 4.69) is 21.2 Å². The number of hydrogen-bond acceptors (Lipinski definition) is 4. The van der Waals surface area contributed by atoms with Crippen molar-refractivity contribution in [1.29, 1.82) is 0 Å². The van der Waals surface area contributed by atoms with Crippen LogP contribution in [0.25, 0.3) is 0 Å². The molecule has 0 amide bonds. The third-order valence-electron chi connectivity index (χ3n) is 4.53. The Morgan fingerprint density at radius 2 is 2.15 bits per heavy atom. The van der Waals surface area contributed by atoms with Gasteiger partial charge in [-0.25, -0.2) is 4.99 Å². The predicted molar refractivity (Wildman–Crippen MR) is 81.0 cm³/mol. The van der Waals surface area contributed by atoms with Gasteiger partial charge in [-0.05, 0) is 37.7 Å². The zero-order valence-electron chi connectivity index (χ0n) is 11.5. The Kier molecular flexibility index (Phi) is 3.19. The summed E-state index contributed by atoms with van der Waals surface area (Å²) in [5.41, 5.74) is 13.4.